The van der Waals surface area contributed by atoms with Gasteiger partial charge >= 0.3 is 0 Å². The van der Waals surface area contributed by atoms with Gasteiger partial charge in [0.15, 0.2) is 5.13 Å². The van der Waals surface area contributed by atoms with Gasteiger partial charge in [-0.2, -0.15) is 0 Å². The van der Waals surface area contributed by atoms with Gasteiger partial charge in [-0.25, -0.2) is 4.98 Å². The zero-order valence-electron chi connectivity index (χ0n) is 9.96. The summed E-state index contributed by atoms with van der Waals surface area (Å²) in [5.41, 5.74) is 0. The van der Waals surface area contributed by atoms with Crippen molar-refractivity contribution < 1.29 is 9.59 Å². The second-order valence-corrected chi connectivity index (χ2v) is 5.05. The molecule has 0 radical (unpaired) electrons. The first kappa shape index (κ1) is 12.8. The van der Waals surface area contributed by atoms with Gasteiger partial charge in [0.25, 0.3) is 0 Å². The molecule has 1 aliphatic heterocycles. The van der Waals surface area contributed by atoms with Gasteiger partial charge in [0, 0.05) is 24.7 Å². The lowest BCUT2D eigenvalue weighted by atomic mass is 9.97. The first-order valence-electron chi connectivity index (χ1n) is 5.82. The summed E-state index contributed by atoms with van der Waals surface area (Å²) in [6.45, 7) is 4.63. The third kappa shape index (κ3) is 2.95. The molecule has 0 saturated carbocycles. The lowest BCUT2D eigenvalue weighted by molar-refractivity contribution is -0.130. The van der Waals surface area contributed by atoms with Crippen molar-refractivity contribution in [3.8, 4) is 0 Å². The number of anilines is 1. The molecule has 0 aromatic carbocycles. The van der Waals surface area contributed by atoms with Crippen molar-refractivity contribution in [2.45, 2.75) is 12.8 Å². The smallest absolute Gasteiger partial charge is 0.245 e. The minimum absolute atomic E-state index is 0.0634. The Morgan fingerprint density at radius 3 is 3.11 bits per heavy atom. The number of carbonyl (C=O) groups is 2. The first-order valence-corrected chi connectivity index (χ1v) is 6.70. The van der Waals surface area contributed by atoms with Gasteiger partial charge < -0.3 is 10.2 Å². The maximum Gasteiger partial charge on any atom is 0.245 e. The molecule has 0 aliphatic carbocycles. The fourth-order valence-corrected chi connectivity index (χ4v) is 2.54. The zero-order chi connectivity index (χ0) is 13.0. The summed E-state index contributed by atoms with van der Waals surface area (Å²) in [5.74, 6) is -0.334. The molecule has 1 atom stereocenters. The van der Waals surface area contributed by atoms with E-state index in [9.17, 15) is 9.59 Å². The van der Waals surface area contributed by atoms with Crippen molar-refractivity contribution >= 4 is 28.3 Å². The SMILES string of the molecule is C=CC(=O)N1CCCC(C(=O)Nc2nccs2)C1. The molecule has 1 saturated heterocycles. The number of likely N-dealkylation sites (tertiary alicyclic amines) is 1. The van der Waals surface area contributed by atoms with Gasteiger partial charge in [0.2, 0.25) is 11.8 Å². The Morgan fingerprint density at radius 1 is 1.61 bits per heavy atom. The van der Waals surface area contributed by atoms with Crippen molar-refractivity contribution in [1.82, 2.24) is 9.88 Å². The zero-order valence-corrected chi connectivity index (χ0v) is 10.8. The first-order chi connectivity index (χ1) is 8.70. The fourth-order valence-electron chi connectivity index (χ4n) is 2.01. The van der Waals surface area contributed by atoms with E-state index in [1.54, 1.807) is 11.1 Å². The largest absolute Gasteiger partial charge is 0.338 e. The minimum atomic E-state index is -0.161. The molecular formula is C12H15N3O2S. The number of nitrogens with one attached hydrogen (secondary N) is 1. The number of aromatic nitrogens is 1. The molecule has 1 fully saturated rings. The van der Waals surface area contributed by atoms with E-state index >= 15 is 0 Å². The maximum atomic E-state index is 12.0. The van der Waals surface area contributed by atoms with Crippen molar-refractivity contribution in [2.75, 3.05) is 18.4 Å². The highest BCUT2D eigenvalue weighted by molar-refractivity contribution is 7.13. The van der Waals surface area contributed by atoms with Crippen LogP contribution in [0.5, 0.6) is 0 Å². The highest BCUT2D eigenvalue weighted by atomic mass is 32.1. The van der Waals surface area contributed by atoms with Crippen molar-refractivity contribution in [3.05, 3.63) is 24.2 Å². The Balaban J connectivity index is 1.94. The molecule has 0 bridgehead atoms. The van der Waals surface area contributed by atoms with Crippen LogP contribution in [0, 0.1) is 5.92 Å². The molecule has 18 heavy (non-hydrogen) atoms. The van der Waals surface area contributed by atoms with E-state index in [1.165, 1.54) is 17.4 Å². The molecule has 1 aromatic heterocycles. The minimum Gasteiger partial charge on any atom is -0.338 e. The monoisotopic (exact) mass is 265 g/mol. The van der Waals surface area contributed by atoms with Crippen LogP contribution in [0.4, 0.5) is 5.13 Å². The summed E-state index contributed by atoms with van der Waals surface area (Å²) in [7, 11) is 0. The number of piperidine rings is 1. The summed E-state index contributed by atoms with van der Waals surface area (Å²) >= 11 is 1.39. The number of nitrogens with zero attached hydrogens (tertiary/aromatic N) is 2. The van der Waals surface area contributed by atoms with Gasteiger partial charge in [-0.1, -0.05) is 6.58 Å². The third-order valence-electron chi connectivity index (χ3n) is 2.94. The lowest BCUT2D eigenvalue weighted by Crippen LogP contribution is -2.43. The highest BCUT2D eigenvalue weighted by Crippen LogP contribution is 2.19. The number of hydrogen-bond donors (Lipinski definition) is 1. The molecule has 0 spiro atoms. The summed E-state index contributed by atoms with van der Waals surface area (Å²) in [6, 6.07) is 0. The number of rotatable bonds is 3. The number of thiazole rings is 1. The molecule has 2 amide bonds. The molecule has 2 heterocycles. The van der Waals surface area contributed by atoms with Crippen LogP contribution in [0.3, 0.4) is 0 Å². The lowest BCUT2D eigenvalue weighted by Gasteiger charge is -2.31. The normalized spacial score (nSPS) is 19.3. The molecule has 1 N–H and O–H groups in total. The van der Waals surface area contributed by atoms with Crippen LogP contribution < -0.4 is 5.32 Å². The van der Waals surface area contributed by atoms with Crippen LogP contribution in [0.15, 0.2) is 24.2 Å². The molecule has 96 valence electrons. The van der Waals surface area contributed by atoms with E-state index in [0.717, 1.165) is 12.8 Å². The van der Waals surface area contributed by atoms with E-state index in [-0.39, 0.29) is 17.7 Å². The van der Waals surface area contributed by atoms with Gasteiger partial charge in [-0.15, -0.1) is 11.3 Å². The fraction of sp³-hybridized carbons (Fsp3) is 0.417. The van der Waals surface area contributed by atoms with E-state index in [1.807, 2.05) is 5.38 Å². The Kier molecular flexibility index (Phi) is 4.09. The number of hydrogen-bond acceptors (Lipinski definition) is 4. The molecule has 6 heteroatoms. The van der Waals surface area contributed by atoms with Crippen molar-refractivity contribution in [2.24, 2.45) is 5.92 Å². The summed E-state index contributed by atoms with van der Waals surface area (Å²) in [4.78, 5) is 29.2. The van der Waals surface area contributed by atoms with Gasteiger partial charge in [-0.3, -0.25) is 9.59 Å². The van der Waals surface area contributed by atoms with Crippen LogP contribution in [0.1, 0.15) is 12.8 Å². The summed E-state index contributed by atoms with van der Waals surface area (Å²) in [5, 5.41) is 5.19. The predicted octanol–water partition coefficient (Wildman–Crippen LogP) is 1.51. The van der Waals surface area contributed by atoms with Crippen molar-refractivity contribution in [1.29, 1.82) is 0 Å². The molecule has 2 rings (SSSR count). The topological polar surface area (TPSA) is 62.3 Å². The standard InChI is InChI=1S/C12H15N3O2S/c1-2-10(16)15-6-3-4-9(8-15)11(17)14-12-13-5-7-18-12/h2,5,7,9H,1,3-4,6,8H2,(H,13,14,17). The average molecular weight is 265 g/mol. The van der Waals surface area contributed by atoms with Crippen LogP contribution in [0.25, 0.3) is 0 Å². The quantitative estimate of drug-likeness (QED) is 0.843. The van der Waals surface area contributed by atoms with E-state index < -0.39 is 0 Å². The van der Waals surface area contributed by atoms with Crippen LogP contribution in [-0.2, 0) is 9.59 Å². The second kappa shape index (κ2) is 5.77. The Hall–Kier alpha value is -1.69. The average Bonchev–Trinajstić information content (AvgIpc) is 2.90. The molecular weight excluding hydrogens is 250 g/mol. The maximum absolute atomic E-state index is 12.0. The Morgan fingerprint density at radius 2 is 2.44 bits per heavy atom. The third-order valence-corrected chi connectivity index (χ3v) is 3.63. The Labute approximate surface area is 110 Å². The number of amides is 2. The van der Waals surface area contributed by atoms with Gasteiger partial charge in [-0.05, 0) is 18.9 Å². The summed E-state index contributed by atoms with van der Waals surface area (Å²) in [6.07, 6.45) is 4.59. The summed E-state index contributed by atoms with van der Waals surface area (Å²) < 4.78 is 0. The van der Waals surface area contributed by atoms with Crippen LogP contribution >= 0.6 is 11.3 Å². The highest BCUT2D eigenvalue weighted by Gasteiger charge is 2.27. The molecule has 1 aliphatic rings. The molecule has 1 unspecified atom stereocenters. The van der Waals surface area contributed by atoms with Gasteiger partial charge in [0.1, 0.15) is 0 Å². The number of carbonyl (C=O) groups excluding carboxylic acids is 2. The van der Waals surface area contributed by atoms with E-state index in [4.69, 9.17) is 0 Å². The molecule has 1 aromatic rings. The van der Waals surface area contributed by atoms with Crippen molar-refractivity contribution in [3.63, 3.8) is 0 Å². The van der Waals surface area contributed by atoms with E-state index in [0.29, 0.717) is 18.2 Å². The molecule has 5 nitrogen and oxygen atoms in total. The second-order valence-electron chi connectivity index (χ2n) is 4.15. The predicted molar refractivity (Wildman–Crippen MR) is 70.2 cm³/mol. The van der Waals surface area contributed by atoms with Crippen LogP contribution in [-0.4, -0.2) is 34.8 Å². The van der Waals surface area contributed by atoms with E-state index in [2.05, 4.69) is 16.9 Å². The Bertz CT molecular complexity index is 444. The van der Waals surface area contributed by atoms with Crippen LogP contribution in [0.2, 0.25) is 0 Å². The van der Waals surface area contributed by atoms with Gasteiger partial charge in [0.05, 0.1) is 5.92 Å².